The van der Waals surface area contributed by atoms with Crippen molar-refractivity contribution in [2.75, 3.05) is 19.8 Å². The van der Waals surface area contributed by atoms with Gasteiger partial charge >= 0.3 is 0 Å². The van der Waals surface area contributed by atoms with Crippen LogP contribution >= 0.6 is 0 Å². The highest BCUT2D eigenvalue weighted by Crippen LogP contribution is 2.22. The van der Waals surface area contributed by atoms with Gasteiger partial charge in [-0.25, -0.2) is 0 Å². The number of nitrogens with one attached hydrogen (secondary N) is 1. The zero-order valence-electron chi connectivity index (χ0n) is 11.6. The normalized spacial score (nSPS) is 12.1. The number of amides is 1. The van der Waals surface area contributed by atoms with Crippen molar-refractivity contribution in [2.24, 2.45) is 5.73 Å². The fourth-order valence-electron chi connectivity index (χ4n) is 1.73. The number of hydrogen-bond acceptors (Lipinski definition) is 5. The molecule has 0 aromatic heterocycles. The molecule has 1 atom stereocenters. The summed E-state index contributed by atoms with van der Waals surface area (Å²) in [7, 11) is 0. The third-order valence-corrected chi connectivity index (χ3v) is 2.87. The zero-order valence-corrected chi connectivity index (χ0v) is 11.6. The maximum Gasteiger partial charge on any atom is 0.272 e. The average molecular weight is 281 g/mol. The number of carbonyl (C=O) groups is 1. The third-order valence-electron chi connectivity index (χ3n) is 2.87. The summed E-state index contributed by atoms with van der Waals surface area (Å²) in [6, 6.07) is 5.10. The van der Waals surface area contributed by atoms with Gasteiger partial charge in [-0.3, -0.25) is 14.9 Å². The summed E-state index contributed by atoms with van der Waals surface area (Å²) >= 11 is 0. The lowest BCUT2D eigenvalue weighted by Crippen LogP contribution is -2.26. The second-order valence-electron chi connectivity index (χ2n) is 4.50. The fourth-order valence-corrected chi connectivity index (χ4v) is 1.73. The number of nitrogens with zero attached hydrogens (tertiary/aromatic N) is 1. The monoisotopic (exact) mass is 281 g/mol. The molecule has 0 saturated heterocycles. The van der Waals surface area contributed by atoms with E-state index in [9.17, 15) is 14.9 Å². The Morgan fingerprint density at radius 1 is 1.55 bits per heavy atom. The molecule has 7 nitrogen and oxygen atoms in total. The molecule has 20 heavy (non-hydrogen) atoms. The number of ether oxygens (including phenoxy) is 1. The van der Waals surface area contributed by atoms with Crippen molar-refractivity contribution in [3.8, 4) is 0 Å². The average Bonchev–Trinajstić information content (AvgIpc) is 2.37. The van der Waals surface area contributed by atoms with Crippen LogP contribution in [0.2, 0.25) is 0 Å². The van der Waals surface area contributed by atoms with Crippen molar-refractivity contribution >= 4 is 11.6 Å². The Balaban J connectivity index is 2.51. The number of primary amides is 1. The Bertz CT molecular complexity index is 491. The van der Waals surface area contributed by atoms with Crippen LogP contribution in [0.1, 0.15) is 24.1 Å². The summed E-state index contributed by atoms with van der Waals surface area (Å²) in [4.78, 5) is 21.0. The van der Waals surface area contributed by atoms with Gasteiger partial charge in [0, 0.05) is 24.2 Å². The van der Waals surface area contributed by atoms with Gasteiger partial charge < -0.3 is 15.8 Å². The maximum absolute atomic E-state index is 10.9. The molecular formula is C13H19N3O4. The van der Waals surface area contributed by atoms with Gasteiger partial charge in [0.25, 0.3) is 5.69 Å². The Morgan fingerprint density at radius 2 is 2.25 bits per heavy atom. The molecule has 0 fully saturated rings. The topological polar surface area (TPSA) is 107 Å². The van der Waals surface area contributed by atoms with Crippen molar-refractivity contribution < 1.29 is 14.5 Å². The lowest BCUT2D eigenvalue weighted by atomic mass is 10.0. The van der Waals surface area contributed by atoms with E-state index in [-0.39, 0.29) is 23.3 Å². The molecule has 1 rings (SSSR count). The number of hydrogen-bond donors (Lipinski definition) is 2. The van der Waals surface area contributed by atoms with E-state index < -0.39 is 5.91 Å². The molecule has 1 aromatic rings. The molecule has 0 aliphatic heterocycles. The van der Waals surface area contributed by atoms with Crippen LogP contribution in [0.4, 0.5) is 5.69 Å². The number of nitrogens with two attached hydrogens (primary N) is 1. The van der Waals surface area contributed by atoms with Crippen LogP contribution < -0.4 is 11.1 Å². The quantitative estimate of drug-likeness (QED) is 0.421. The fraction of sp³-hybridized carbons (Fsp3) is 0.462. The second kappa shape index (κ2) is 7.56. The number of aryl methyl sites for hydroxylation is 1. The Morgan fingerprint density at radius 3 is 2.85 bits per heavy atom. The lowest BCUT2D eigenvalue weighted by molar-refractivity contribution is -0.385. The first-order valence-corrected chi connectivity index (χ1v) is 6.26. The van der Waals surface area contributed by atoms with Crippen LogP contribution in [-0.2, 0) is 9.53 Å². The van der Waals surface area contributed by atoms with E-state index in [1.807, 2.05) is 13.0 Å². The van der Waals surface area contributed by atoms with Crippen LogP contribution in [0, 0.1) is 17.0 Å². The van der Waals surface area contributed by atoms with Gasteiger partial charge in [0.05, 0.1) is 11.5 Å². The van der Waals surface area contributed by atoms with Gasteiger partial charge in [-0.1, -0.05) is 12.1 Å². The molecule has 1 amide bonds. The Labute approximate surface area is 117 Å². The van der Waals surface area contributed by atoms with E-state index in [0.717, 1.165) is 5.56 Å². The van der Waals surface area contributed by atoms with Crippen molar-refractivity contribution in [3.63, 3.8) is 0 Å². The lowest BCUT2D eigenvalue weighted by Gasteiger charge is -2.14. The molecule has 0 radical (unpaired) electrons. The van der Waals surface area contributed by atoms with Crippen LogP contribution in [0.25, 0.3) is 0 Å². The predicted molar refractivity (Wildman–Crippen MR) is 74.3 cm³/mol. The molecule has 0 aliphatic rings. The van der Waals surface area contributed by atoms with Crippen molar-refractivity contribution in [1.29, 1.82) is 0 Å². The SMILES string of the molecule is Cc1ccc(C(C)NCCOCC(N)=O)cc1[N+](=O)[O-]. The van der Waals surface area contributed by atoms with Crippen LogP contribution in [0.3, 0.4) is 0 Å². The molecule has 1 unspecified atom stereocenters. The van der Waals surface area contributed by atoms with Gasteiger partial charge in [-0.15, -0.1) is 0 Å². The van der Waals surface area contributed by atoms with Crippen molar-refractivity contribution in [2.45, 2.75) is 19.9 Å². The molecule has 110 valence electrons. The summed E-state index contributed by atoms with van der Waals surface area (Å²) < 4.78 is 5.02. The standard InChI is InChI=1S/C13H19N3O4/c1-9-3-4-11(7-12(9)16(18)19)10(2)15-5-6-20-8-13(14)17/h3-4,7,10,15H,5-6,8H2,1-2H3,(H2,14,17). The zero-order chi connectivity index (χ0) is 15.1. The highest BCUT2D eigenvalue weighted by Gasteiger charge is 2.13. The first-order valence-electron chi connectivity index (χ1n) is 6.26. The van der Waals surface area contributed by atoms with Gasteiger partial charge in [-0.2, -0.15) is 0 Å². The number of nitro groups is 1. The first-order chi connectivity index (χ1) is 9.41. The number of rotatable bonds is 8. The Hall–Kier alpha value is -1.99. The summed E-state index contributed by atoms with van der Waals surface area (Å²) in [5, 5.41) is 14.0. The smallest absolute Gasteiger partial charge is 0.272 e. The van der Waals surface area contributed by atoms with Crippen LogP contribution in [0.15, 0.2) is 18.2 Å². The van der Waals surface area contributed by atoms with E-state index in [1.165, 1.54) is 0 Å². The Kier molecular flexibility index (Phi) is 6.08. The molecule has 3 N–H and O–H groups in total. The number of carbonyl (C=O) groups excluding carboxylic acids is 1. The van der Waals surface area contributed by atoms with Gasteiger partial charge in [0.2, 0.25) is 5.91 Å². The molecule has 0 bridgehead atoms. The van der Waals surface area contributed by atoms with E-state index in [0.29, 0.717) is 18.7 Å². The van der Waals surface area contributed by atoms with Gasteiger partial charge in [0.15, 0.2) is 0 Å². The second-order valence-corrected chi connectivity index (χ2v) is 4.50. The van der Waals surface area contributed by atoms with Crippen LogP contribution in [0.5, 0.6) is 0 Å². The van der Waals surface area contributed by atoms with E-state index in [4.69, 9.17) is 10.5 Å². The highest BCUT2D eigenvalue weighted by molar-refractivity contribution is 5.74. The largest absolute Gasteiger partial charge is 0.370 e. The minimum atomic E-state index is -0.507. The summed E-state index contributed by atoms with van der Waals surface area (Å²) in [5.41, 5.74) is 6.51. The maximum atomic E-state index is 10.9. The molecule has 1 aromatic carbocycles. The number of nitro benzene ring substituents is 1. The molecule has 7 heteroatoms. The van der Waals surface area contributed by atoms with Gasteiger partial charge in [0.1, 0.15) is 6.61 Å². The molecule has 0 spiro atoms. The summed E-state index contributed by atoms with van der Waals surface area (Å²) in [5.74, 6) is -0.507. The highest BCUT2D eigenvalue weighted by atomic mass is 16.6. The minimum absolute atomic E-state index is 0.0496. The van der Waals surface area contributed by atoms with Crippen molar-refractivity contribution in [3.05, 3.63) is 39.4 Å². The molecular weight excluding hydrogens is 262 g/mol. The number of benzene rings is 1. The van der Waals surface area contributed by atoms with Crippen LogP contribution in [-0.4, -0.2) is 30.6 Å². The molecule has 0 aliphatic carbocycles. The van der Waals surface area contributed by atoms with Crippen molar-refractivity contribution in [1.82, 2.24) is 5.32 Å². The first kappa shape index (κ1) is 16.1. The van der Waals surface area contributed by atoms with E-state index in [2.05, 4.69) is 5.32 Å². The minimum Gasteiger partial charge on any atom is -0.370 e. The van der Waals surface area contributed by atoms with Gasteiger partial charge in [-0.05, 0) is 19.4 Å². The third kappa shape index (κ3) is 4.94. The summed E-state index contributed by atoms with van der Waals surface area (Å²) in [6.07, 6.45) is 0. The molecule has 0 heterocycles. The van der Waals surface area contributed by atoms with E-state index >= 15 is 0 Å². The predicted octanol–water partition coefficient (Wildman–Crippen LogP) is 1.06. The molecule has 0 saturated carbocycles. The van der Waals surface area contributed by atoms with E-state index in [1.54, 1.807) is 19.1 Å². The summed E-state index contributed by atoms with van der Waals surface area (Å²) in [6.45, 7) is 4.38.